The van der Waals surface area contributed by atoms with E-state index in [1.807, 2.05) is 6.07 Å². The molecule has 128 valence electrons. The van der Waals surface area contributed by atoms with Gasteiger partial charge in [-0.3, -0.25) is 9.89 Å². The van der Waals surface area contributed by atoms with E-state index in [0.717, 1.165) is 44.5 Å². The van der Waals surface area contributed by atoms with Crippen molar-refractivity contribution in [2.75, 3.05) is 18.0 Å². The lowest BCUT2D eigenvalue weighted by atomic mass is 10.0. The number of benzene rings is 1. The zero-order chi connectivity index (χ0) is 16.9. The normalized spacial score (nSPS) is 15.5. The van der Waals surface area contributed by atoms with Crippen LogP contribution in [0, 0.1) is 6.92 Å². The first-order chi connectivity index (χ1) is 11.7. The summed E-state index contributed by atoms with van der Waals surface area (Å²) in [5.41, 5.74) is 4.08. The Morgan fingerprint density at radius 2 is 2.12 bits per heavy atom. The summed E-state index contributed by atoms with van der Waals surface area (Å²) in [6.45, 7) is 6.17. The van der Waals surface area contributed by atoms with Crippen LogP contribution in [0.2, 0.25) is 0 Å². The molecule has 1 aromatic carbocycles. The van der Waals surface area contributed by atoms with Crippen LogP contribution in [0.25, 0.3) is 0 Å². The highest BCUT2D eigenvalue weighted by Gasteiger charge is 2.22. The average molecular weight is 326 g/mol. The summed E-state index contributed by atoms with van der Waals surface area (Å²) in [5, 5.41) is 10.2. The number of carbonyl (C=O) groups excluding carboxylic acids is 1. The van der Waals surface area contributed by atoms with Gasteiger partial charge in [0.2, 0.25) is 0 Å². The maximum atomic E-state index is 12.3. The van der Waals surface area contributed by atoms with E-state index in [1.165, 1.54) is 11.3 Å². The smallest absolute Gasteiger partial charge is 0.271 e. The van der Waals surface area contributed by atoms with Crippen molar-refractivity contribution < 1.29 is 4.79 Å². The second kappa shape index (κ2) is 7.51. The molecule has 24 heavy (non-hydrogen) atoms. The van der Waals surface area contributed by atoms with Crippen LogP contribution in [0.15, 0.2) is 30.3 Å². The summed E-state index contributed by atoms with van der Waals surface area (Å²) in [6.07, 6.45) is 3.90. The number of piperidine rings is 1. The van der Waals surface area contributed by atoms with Crippen molar-refractivity contribution in [3.63, 3.8) is 0 Å². The highest BCUT2D eigenvalue weighted by molar-refractivity contribution is 5.92. The number of hydrogen-bond acceptors (Lipinski definition) is 3. The van der Waals surface area contributed by atoms with Crippen LogP contribution in [-0.4, -0.2) is 35.2 Å². The van der Waals surface area contributed by atoms with Crippen molar-refractivity contribution >= 4 is 11.6 Å². The largest absolute Gasteiger partial charge is 0.371 e. The van der Waals surface area contributed by atoms with E-state index >= 15 is 0 Å². The highest BCUT2D eigenvalue weighted by Crippen LogP contribution is 2.21. The minimum absolute atomic E-state index is 0.0670. The number of anilines is 1. The molecule has 1 saturated heterocycles. The molecule has 1 aromatic heterocycles. The van der Waals surface area contributed by atoms with E-state index in [9.17, 15) is 4.79 Å². The lowest BCUT2D eigenvalue weighted by molar-refractivity contribution is 0.0926. The monoisotopic (exact) mass is 326 g/mol. The second-order valence-corrected chi connectivity index (χ2v) is 6.60. The topological polar surface area (TPSA) is 61.0 Å². The molecular weight excluding hydrogens is 300 g/mol. The Labute approximate surface area is 143 Å². The van der Waals surface area contributed by atoms with E-state index in [4.69, 9.17) is 0 Å². The minimum atomic E-state index is -0.0670. The Morgan fingerprint density at radius 1 is 1.33 bits per heavy atom. The fraction of sp³-hybridized carbons (Fsp3) is 0.474. The number of rotatable bonds is 5. The standard InChI is InChI=1S/C19H26N4O/c1-3-5-16-13-18(22-21-16)19(24)20-15-8-10-23(11-9-15)17-7-4-6-14(2)12-17/h4,6-7,12-13,15H,3,5,8-11H2,1-2H3,(H,20,24)(H,21,22). The summed E-state index contributed by atoms with van der Waals surface area (Å²) >= 11 is 0. The van der Waals surface area contributed by atoms with Gasteiger partial charge in [-0.15, -0.1) is 0 Å². The molecule has 5 nitrogen and oxygen atoms in total. The summed E-state index contributed by atoms with van der Waals surface area (Å²) in [7, 11) is 0. The quantitative estimate of drug-likeness (QED) is 0.888. The molecule has 0 spiro atoms. The van der Waals surface area contributed by atoms with Crippen LogP contribution in [0.3, 0.4) is 0 Å². The molecule has 0 bridgehead atoms. The average Bonchev–Trinajstić information content (AvgIpc) is 3.05. The first-order valence-corrected chi connectivity index (χ1v) is 8.82. The third-order valence-electron chi connectivity index (χ3n) is 4.58. The van der Waals surface area contributed by atoms with E-state index in [0.29, 0.717) is 5.69 Å². The molecule has 0 atom stereocenters. The molecule has 3 rings (SSSR count). The van der Waals surface area contributed by atoms with Crippen LogP contribution in [0.5, 0.6) is 0 Å². The molecule has 0 unspecified atom stereocenters. The van der Waals surface area contributed by atoms with Gasteiger partial charge in [0, 0.05) is 30.5 Å². The van der Waals surface area contributed by atoms with Gasteiger partial charge in [-0.25, -0.2) is 0 Å². The third-order valence-corrected chi connectivity index (χ3v) is 4.58. The van der Waals surface area contributed by atoms with E-state index in [2.05, 4.69) is 58.5 Å². The van der Waals surface area contributed by atoms with E-state index in [1.54, 1.807) is 0 Å². The first kappa shape index (κ1) is 16.6. The molecule has 1 aliphatic heterocycles. The molecule has 2 N–H and O–H groups in total. The number of carbonyl (C=O) groups is 1. The summed E-state index contributed by atoms with van der Waals surface area (Å²) in [4.78, 5) is 14.7. The third kappa shape index (κ3) is 3.96. The summed E-state index contributed by atoms with van der Waals surface area (Å²) in [5.74, 6) is -0.0670. The summed E-state index contributed by atoms with van der Waals surface area (Å²) in [6, 6.07) is 10.7. The fourth-order valence-corrected chi connectivity index (χ4v) is 3.24. The van der Waals surface area contributed by atoms with Crippen LogP contribution < -0.4 is 10.2 Å². The molecule has 0 radical (unpaired) electrons. The number of nitrogens with zero attached hydrogens (tertiary/aromatic N) is 2. The SMILES string of the molecule is CCCc1cc(C(=O)NC2CCN(c3cccc(C)c3)CC2)n[nH]1. The van der Waals surface area contributed by atoms with Crippen LogP contribution >= 0.6 is 0 Å². The van der Waals surface area contributed by atoms with E-state index in [-0.39, 0.29) is 11.9 Å². The zero-order valence-corrected chi connectivity index (χ0v) is 14.5. The Hall–Kier alpha value is -2.30. The Bertz CT molecular complexity index is 686. The number of aromatic nitrogens is 2. The number of aryl methyl sites for hydroxylation is 2. The second-order valence-electron chi connectivity index (χ2n) is 6.60. The van der Waals surface area contributed by atoms with Gasteiger partial charge in [-0.05, 0) is 49.9 Å². The van der Waals surface area contributed by atoms with Crippen molar-refractivity contribution in [1.29, 1.82) is 0 Å². The van der Waals surface area contributed by atoms with E-state index < -0.39 is 0 Å². The lowest BCUT2D eigenvalue weighted by Gasteiger charge is -2.34. The molecule has 2 heterocycles. The molecule has 5 heteroatoms. The van der Waals surface area contributed by atoms with Gasteiger partial charge in [0.1, 0.15) is 5.69 Å². The number of nitrogens with one attached hydrogen (secondary N) is 2. The van der Waals surface area contributed by atoms with Gasteiger partial charge < -0.3 is 10.2 Å². The van der Waals surface area contributed by atoms with Gasteiger partial charge in [0.05, 0.1) is 0 Å². The van der Waals surface area contributed by atoms with Crippen molar-refractivity contribution in [3.05, 3.63) is 47.3 Å². The predicted octanol–water partition coefficient (Wildman–Crippen LogP) is 3.07. The lowest BCUT2D eigenvalue weighted by Crippen LogP contribution is -2.44. The Balaban J connectivity index is 1.52. The van der Waals surface area contributed by atoms with Gasteiger partial charge in [-0.2, -0.15) is 5.10 Å². The molecule has 1 aliphatic rings. The molecule has 0 saturated carbocycles. The van der Waals surface area contributed by atoms with Gasteiger partial charge in [0.15, 0.2) is 0 Å². The molecule has 0 aliphatic carbocycles. The number of hydrogen-bond donors (Lipinski definition) is 2. The van der Waals surface area contributed by atoms with Gasteiger partial charge in [-0.1, -0.05) is 25.5 Å². The van der Waals surface area contributed by atoms with Crippen LogP contribution in [0.4, 0.5) is 5.69 Å². The number of amides is 1. The highest BCUT2D eigenvalue weighted by atomic mass is 16.2. The van der Waals surface area contributed by atoms with Crippen molar-refractivity contribution in [2.45, 2.75) is 45.6 Å². The van der Waals surface area contributed by atoms with Crippen molar-refractivity contribution in [3.8, 4) is 0 Å². The van der Waals surface area contributed by atoms with Gasteiger partial charge in [0.25, 0.3) is 5.91 Å². The van der Waals surface area contributed by atoms with Crippen molar-refractivity contribution in [1.82, 2.24) is 15.5 Å². The maximum absolute atomic E-state index is 12.3. The molecule has 1 amide bonds. The van der Waals surface area contributed by atoms with Crippen LogP contribution in [0.1, 0.15) is 47.9 Å². The first-order valence-electron chi connectivity index (χ1n) is 8.82. The van der Waals surface area contributed by atoms with Crippen LogP contribution in [-0.2, 0) is 6.42 Å². The molecular formula is C19H26N4O. The Kier molecular flexibility index (Phi) is 5.18. The fourth-order valence-electron chi connectivity index (χ4n) is 3.24. The van der Waals surface area contributed by atoms with Gasteiger partial charge >= 0.3 is 0 Å². The minimum Gasteiger partial charge on any atom is -0.371 e. The number of aromatic amines is 1. The zero-order valence-electron chi connectivity index (χ0n) is 14.5. The maximum Gasteiger partial charge on any atom is 0.271 e. The van der Waals surface area contributed by atoms with Crippen molar-refractivity contribution in [2.24, 2.45) is 0 Å². The molecule has 1 fully saturated rings. The Morgan fingerprint density at radius 3 is 2.83 bits per heavy atom. The molecule has 2 aromatic rings. The predicted molar refractivity (Wildman–Crippen MR) is 96.5 cm³/mol. The number of H-pyrrole nitrogens is 1. The summed E-state index contributed by atoms with van der Waals surface area (Å²) < 4.78 is 0.